The summed E-state index contributed by atoms with van der Waals surface area (Å²) in [5.74, 6) is -0.511. The van der Waals surface area contributed by atoms with Gasteiger partial charge in [0.15, 0.2) is 0 Å². The first-order chi connectivity index (χ1) is 8.03. The fourth-order valence-corrected chi connectivity index (χ4v) is 2.78. The van der Waals surface area contributed by atoms with Gasteiger partial charge in [0.05, 0.1) is 6.10 Å². The number of amides is 2. The molecule has 1 fully saturated rings. The number of carbonyl (C=O) groups is 2. The zero-order valence-corrected chi connectivity index (χ0v) is 10.2. The van der Waals surface area contributed by atoms with E-state index in [0.29, 0.717) is 11.1 Å². The molecule has 1 spiro atoms. The Morgan fingerprint density at radius 3 is 2.88 bits per heavy atom. The summed E-state index contributed by atoms with van der Waals surface area (Å²) in [6, 6.07) is 5.17. The van der Waals surface area contributed by atoms with Crippen molar-refractivity contribution in [3.63, 3.8) is 0 Å². The Bertz CT molecular complexity index is 544. The molecule has 1 aromatic rings. The monoisotopic (exact) mass is 297 g/mol. The van der Waals surface area contributed by atoms with E-state index in [1.54, 1.807) is 18.2 Å². The van der Waals surface area contributed by atoms with E-state index < -0.39 is 23.7 Å². The number of aliphatic hydroxyl groups excluding tert-OH is 1. The van der Waals surface area contributed by atoms with Gasteiger partial charge in [-0.05, 0) is 17.7 Å². The quantitative estimate of drug-likeness (QED) is 0.758. The molecule has 88 valence electrons. The van der Waals surface area contributed by atoms with Crippen molar-refractivity contribution in [3.05, 3.63) is 33.8 Å². The van der Waals surface area contributed by atoms with Crippen molar-refractivity contribution < 1.29 is 19.4 Å². The lowest BCUT2D eigenvalue weighted by Gasteiger charge is -2.19. The van der Waals surface area contributed by atoms with Gasteiger partial charge in [-0.25, -0.2) is 4.79 Å². The Morgan fingerprint density at radius 1 is 1.47 bits per heavy atom. The molecular weight excluding hydrogens is 290 g/mol. The number of benzene rings is 1. The minimum absolute atomic E-state index is 0.0658. The normalized spacial score (nSPS) is 30.4. The van der Waals surface area contributed by atoms with Crippen LogP contribution in [0.1, 0.15) is 23.7 Å². The maximum atomic E-state index is 11.8. The summed E-state index contributed by atoms with van der Waals surface area (Å²) < 4.78 is 5.89. The third-order valence-corrected chi connectivity index (χ3v) is 3.63. The number of carbonyl (C=O) groups excluding carboxylic acids is 2. The molecule has 2 N–H and O–H groups in total. The molecule has 1 saturated heterocycles. The molecule has 0 bridgehead atoms. The molecule has 0 radical (unpaired) electrons. The molecule has 0 unspecified atom stereocenters. The Balaban J connectivity index is 2.19. The molecule has 3 rings (SSSR count). The van der Waals surface area contributed by atoms with E-state index in [1.165, 1.54) is 0 Å². The number of nitrogens with one attached hydrogen (secondary N) is 1. The molecule has 0 saturated carbocycles. The number of hydrogen-bond acceptors (Lipinski definition) is 4. The lowest BCUT2D eigenvalue weighted by atomic mass is 9.95. The predicted molar refractivity (Wildman–Crippen MR) is 60.0 cm³/mol. The summed E-state index contributed by atoms with van der Waals surface area (Å²) in [5, 5.41) is 12.0. The largest absolute Gasteiger partial charge is 0.427 e. The number of rotatable bonds is 0. The van der Waals surface area contributed by atoms with Crippen LogP contribution in [0, 0.1) is 0 Å². The number of ether oxygens (including phenoxy) is 1. The van der Waals surface area contributed by atoms with Gasteiger partial charge in [0.25, 0.3) is 5.91 Å². The molecule has 2 amide bonds. The standard InChI is InChI=1S/C11H8BrNO4/c12-5-1-2-7-6(3-5)8(14)4-11(7)9(15)13-10(16)17-11/h1-3,8,14H,4H2,(H,13,15,16)/t8-,11+/m1/s1. The van der Waals surface area contributed by atoms with Crippen molar-refractivity contribution in [3.8, 4) is 0 Å². The van der Waals surface area contributed by atoms with Crippen LogP contribution in [0.2, 0.25) is 0 Å². The van der Waals surface area contributed by atoms with Crippen molar-refractivity contribution in [1.29, 1.82) is 0 Å². The van der Waals surface area contributed by atoms with E-state index in [-0.39, 0.29) is 6.42 Å². The second-order valence-corrected chi connectivity index (χ2v) is 5.04. The summed E-state index contributed by atoms with van der Waals surface area (Å²) in [5.41, 5.74) is -0.187. The molecule has 2 atom stereocenters. The van der Waals surface area contributed by atoms with Gasteiger partial charge >= 0.3 is 6.09 Å². The number of aliphatic hydroxyl groups is 1. The van der Waals surface area contributed by atoms with Crippen LogP contribution in [-0.4, -0.2) is 17.1 Å². The maximum absolute atomic E-state index is 11.8. The van der Waals surface area contributed by atoms with Gasteiger partial charge < -0.3 is 9.84 Å². The molecule has 1 heterocycles. The second-order valence-electron chi connectivity index (χ2n) is 4.12. The summed E-state index contributed by atoms with van der Waals surface area (Å²) in [7, 11) is 0. The highest BCUT2D eigenvalue weighted by Crippen LogP contribution is 2.48. The van der Waals surface area contributed by atoms with Crippen molar-refractivity contribution in [1.82, 2.24) is 5.32 Å². The molecule has 1 aliphatic carbocycles. The SMILES string of the molecule is O=C1NC(=O)[C@@]2(C[C@@H](O)c3cc(Br)ccc32)O1. The predicted octanol–water partition coefficient (Wildman–Crippen LogP) is 1.35. The molecule has 1 aromatic carbocycles. The summed E-state index contributed by atoms with van der Waals surface area (Å²) in [6.45, 7) is 0. The summed E-state index contributed by atoms with van der Waals surface area (Å²) in [6.07, 6.45) is -1.51. The van der Waals surface area contributed by atoms with Crippen LogP contribution < -0.4 is 5.32 Å². The van der Waals surface area contributed by atoms with E-state index in [2.05, 4.69) is 21.2 Å². The van der Waals surface area contributed by atoms with Gasteiger partial charge in [-0.2, -0.15) is 0 Å². The van der Waals surface area contributed by atoms with Crippen LogP contribution in [0.15, 0.2) is 22.7 Å². The van der Waals surface area contributed by atoms with Gasteiger partial charge in [-0.3, -0.25) is 10.1 Å². The third-order valence-electron chi connectivity index (χ3n) is 3.14. The molecule has 6 heteroatoms. The molecule has 5 nitrogen and oxygen atoms in total. The molecule has 2 aliphatic rings. The zero-order valence-electron chi connectivity index (χ0n) is 8.57. The minimum atomic E-state index is -1.35. The van der Waals surface area contributed by atoms with Gasteiger partial charge in [0, 0.05) is 16.5 Å². The number of hydrogen-bond donors (Lipinski definition) is 2. The fourth-order valence-electron chi connectivity index (χ4n) is 2.40. The van der Waals surface area contributed by atoms with Crippen LogP contribution in [0.25, 0.3) is 0 Å². The van der Waals surface area contributed by atoms with Crippen LogP contribution in [-0.2, 0) is 15.1 Å². The number of alkyl carbamates (subject to hydrolysis) is 1. The van der Waals surface area contributed by atoms with Crippen molar-refractivity contribution >= 4 is 27.9 Å². The first kappa shape index (κ1) is 10.7. The lowest BCUT2D eigenvalue weighted by molar-refractivity contribution is -0.133. The molecular formula is C11H8BrNO4. The van der Waals surface area contributed by atoms with Crippen LogP contribution in [0.5, 0.6) is 0 Å². The highest BCUT2D eigenvalue weighted by molar-refractivity contribution is 9.10. The van der Waals surface area contributed by atoms with Crippen LogP contribution in [0.3, 0.4) is 0 Å². The smallest absolute Gasteiger partial charge is 0.415 e. The number of imide groups is 1. The molecule has 1 aliphatic heterocycles. The van der Waals surface area contributed by atoms with Gasteiger partial charge in [0.1, 0.15) is 0 Å². The molecule has 17 heavy (non-hydrogen) atoms. The maximum Gasteiger partial charge on any atom is 0.415 e. The van der Waals surface area contributed by atoms with E-state index in [0.717, 1.165) is 4.47 Å². The highest BCUT2D eigenvalue weighted by atomic mass is 79.9. The fraction of sp³-hybridized carbons (Fsp3) is 0.273. The van der Waals surface area contributed by atoms with Gasteiger partial charge in [-0.15, -0.1) is 0 Å². The van der Waals surface area contributed by atoms with Crippen LogP contribution >= 0.6 is 15.9 Å². The first-order valence-corrected chi connectivity index (χ1v) is 5.85. The Labute approximate surface area is 105 Å². The highest BCUT2D eigenvalue weighted by Gasteiger charge is 2.56. The Hall–Kier alpha value is -1.40. The van der Waals surface area contributed by atoms with Crippen molar-refractivity contribution in [2.75, 3.05) is 0 Å². The van der Waals surface area contributed by atoms with Gasteiger partial charge in [0.2, 0.25) is 5.60 Å². The topological polar surface area (TPSA) is 75.6 Å². The van der Waals surface area contributed by atoms with E-state index in [1.807, 2.05) is 0 Å². The zero-order chi connectivity index (χ0) is 12.2. The average Bonchev–Trinajstić information content (AvgIpc) is 2.67. The van der Waals surface area contributed by atoms with Gasteiger partial charge in [-0.1, -0.05) is 22.0 Å². The second kappa shape index (κ2) is 3.30. The van der Waals surface area contributed by atoms with E-state index in [9.17, 15) is 14.7 Å². The van der Waals surface area contributed by atoms with Crippen molar-refractivity contribution in [2.24, 2.45) is 0 Å². The summed E-state index contributed by atoms with van der Waals surface area (Å²) in [4.78, 5) is 23.0. The minimum Gasteiger partial charge on any atom is -0.427 e. The van der Waals surface area contributed by atoms with Crippen molar-refractivity contribution in [2.45, 2.75) is 18.1 Å². The number of fused-ring (bicyclic) bond motifs is 2. The molecule has 0 aromatic heterocycles. The van der Waals surface area contributed by atoms with Crippen LogP contribution in [0.4, 0.5) is 4.79 Å². The lowest BCUT2D eigenvalue weighted by Crippen LogP contribution is -2.34. The number of halogens is 1. The van der Waals surface area contributed by atoms with E-state index in [4.69, 9.17) is 4.74 Å². The average molecular weight is 298 g/mol. The summed E-state index contributed by atoms with van der Waals surface area (Å²) >= 11 is 3.30. The Kier molecular flexibility index (Phi) is 2.08. The first-order valence-electron chi connectivity index (χ1n) is 5.05. The van der Waals surface area contributed by atoms with E-state index >= 15 is 0 Å². The third kappa shape index (κ3) is 1.34. The Morgan fingerprint density at radius 2 is 2.24 bits per heavy atom.